The molecule has 3 heteroatoms. The van der Waals surface area contributed by atoms with E-state index in [2.05, 4.69) is 11.9 Å². The van der Waals surface area contributed by atoms with Crippen LogP contribution in [0.5, 0.6) is 0 Å². The first-order valence-electron chi connectivity index (χ1n) is 5.39. The maximum atomic E-state index is 11.0. The Morgan fingerprint density at radius 3 is 3.00 bits per heavy atom. The number of carboxylic acid groups (broad SMARTS) is 1. The van der Waals surface area contributed by atoms with Crippen LogP contribution in [0.4, 0.5) is 0 Å². The van der Waals surface area contributed by atoms with Gasteiger partial charge in [0.2, 0.25) is 0 Å². The van der Waals surface area contributed by atoms with Crippen LogP contribution in [0.25, 0.3) is 0 Å². The van der Waals surface area contributed by atoms with E-state index in [1.54, 1.807) is 0 Å². The molecule has 0 spiro atoms. The molecule has 0 bridgehead atoms. The van der Waals surface area contributed by atoms with Gasteiger partial charge in [0.15, 0.2) is 0 Å². The molecule has 0 fully saturated rings. The molecule has 0 amide bonds. The smallest absolute Gasteiger partial charge is 0.337 e. The Labute approximate surface area is 89.2 Å². The zero-order chi connectivity index (χ0) is 11.0. The molecular weight excluding hydrogens is 190 g/mol. The SMILES string of the molecule is CCc1nc2c(cc1C(=O)O)CCC2C. The molecule has 1 atom stereocenters. The molecule has 0 aromatic carbocycles. The van der Waals surface area contributed by atoms with Gasteiger partial charge in [0, 0.05) is 5.69 Å². The van der Waals surface area contributed by atoms with Crippen LogP contribution in [0.1, 0.15) is 53.5 Å². The van der Waals surface area contributed by atoms with Crippen molar-refractivity contribution in [1.29, 1.82) is 0 Å². The van der Waals surface area contributed by atoms with E-state index in [-0.39, 0.29) is 0 Å². The fraction of sp³-hybridized carbons (Fsp3) is 0.500. The lowest BCUT2D eigenvalue weighted by Crippen LogP contribution is -2.07. The van der Waals surface area contributed by atoms with Crippen molar-refractivity contribution in [2.45, 2.75) is 39.0 Å². The van der Waals surface area contributed by atoms with Crippen molar-refractivity contribution < 1.29 is 9.90 Å². The number of hydrogen-bond acceptors (Lipinski definition) is 2. The van der Waals surface area contributed by atoms with Gasteiger partial charge in [-0.15, -0.1) is 0 Å². The van der Waals surface area contributed by atoms with E-state index in [4.69, 9.17) is 5.11 Å². The van der Waals surface area contributed by atoms with E-state index < -0.39 is 5.97 Å². The molecule has 0 aliphatic heterocycles. The summed E-state index contributed by atoms with van der Waals surface area (Å²) in [5, 5.41) is 9.05. The van der Waals surface area contributed by atoms with Crippen LogP contribution in [0.15, 0.2) is 6.07 Å². The summed E-state index contributed by atoms with van der Waals surface area (Å²) in [4.78, 5) is 15.5. The molecular formula is C12H15NO2. The van der Waals surface area contributed by atoms with Gasteiger partial charge in [0.1, 0.15) is 0 Å². The highest BCUT2D eigenvalue weighted by Crippen LogP contribution is 2.32. The summed E-state index contributed by atoms with van der Waals surface area (Å²) in [6.45, 7) is 4.10. The van der Waals surface area contributed by atoms with E-state index in [9.17, 15) is 4.79 Å². The fourth-order valence-electron chi connectivity index (χ4n) is 2.20. The van der Waals surface area contributed by atoms with Crippen molar-refractivity contribution in [2.24, 2.45) is 0 Å². The zero-order valence-corrected chi connectivity index (χ0v) is 9.08. The molecule has 0 saturated heterocycles. The average Bonchev–Trinajstić information content (AvgIpc) is 2.58. The molecule has 1 aromatic heterocycles. The molecule has 0 saturated carbocycles. The number of aromatic carboxylic acids is 1. The minimum Gasteiger partial charge on any atom is -0.478 e. The number of nitrogens with zero attached hydrogens (tertiary/aromatic N) is 1. The molecule has 1 N–H and O–H groups in total. The highest BCUT2D eigenvalue weighted by atomic mass is 16.4. The van der Waals surface area contributed by atoms with Crippen LogP contribution in [0, 0.1) is 0 Å². The minimum atomic E-state index is -0.860. The number of aryl methyl sites for hydroxylation is 2. The third kappa shape index (κ3) is 1.62. The molecule has 80 valence electrons. The first kappa shape index (κ1) is 10.1. The van der Waals surface area contributed by atoms with Gasteiger partial charge >= 0.3 is 5.97 Å². The minimum absolute atomic E-state index is 0.380. The predicted molar refractivity (Wildman–Crippen MR) is 57.3 cm³/mol. The molecule has 1 aliphatic carbocycles. The Kier molecular flexibility index (Phi) is 2.47. The van der Waals surface area contributed by atoms with Crippen molar-refractivity contribution in [3.05, 3.63) is 28.6 Å². The monoisotopic (exact) mass is 205 g/mol. The number of pyridine rings is 1. The van der Waals surface area contributed by atoms with Crippen LogP contribution in [-0.2, 0) is 12.8 Å². The lowest BCUT2D eigenvalue weighted by Gasteiger charge is -2.08. The first-order chi connectivity index (χ1) is 7.13. The highest BCUT2D eigenvalue weighted by Gasteiger charge is 2.23. The zero-order valence-electron chi connectivity index (χ0n) is 9.08. The topological polar surface area (TPSA) is 50.2 Å². The van der Waals surface area contributed by atoms with E-state index in [0.717, 1.165) is 29.8 Å². The van der Waals surface area contributed by atoms with Gasteiger partial charge in [0.05, 0.1) is 11.3 Å². The van der Waals surface area contributed by atoms with Crippen LogP contribution in [0.3, 0.4) is 0 Å². The van der Waals surface area contributed by atoms with Crippen molar-refractivity contribution >= 4 is 5.97 Å². The number of hydrogen-bond donors (Lipinski definition) is 1. The quantitative estimate of drug-likeness (QED) is 0.806. The predicted octanol–water partition coefficient (Wildman–Crippen LogP) is 2.39. The number of rotatable bonds is 2. The largest absolute Gasteiger partial charge is 0.478 e. The third-order valence-electron chi connectivity index (χ3n) is 3.09. The van der Waals surface area contributed by atoms with Crippen LogP contribution in [0.2, 0.25) is 0 Å². The maximum absolute atomic E-state index is 11.0. The Balaban J connectivity index is 2.56. The van der Waals surface area contributed by atoms with E-state index >= 15 is 0 Å². The first-order valence-corrected chi connectivity index (χ1v) is 5.39. The van der Waals surface area contributed by atoms with Crippen LogP contribution >= 0.6 is 0 Å². The van der Waals surface area contributed by atoms with Crippen molar-refractivity contribution in [1.82, 2.24) is 4.98 Å². The molecule has 1 unspecified atom stereocenters. The molecule has 0 radical (unpaired) electrons. The van der Waals surface area contributed by atoms with Gasteiger partial charge in [-0.25, -0.2) is 4.79 Å². The molecule has 1 aromatic rings. The second-order valence-electron chi connectivity index (χ2n) is 4.13. The normalized spacial score (nSPS) is 18.9. The second kappa shape index (κ2) is 3.65. The fourth-order valence-corrected chi connectivity index (χ4v) is 2.20. The summed E-state index contributed by atoms with van der Waals surface area (Å²) in [5.41, 5.74) is 3.33. The number of carboxylic acids is 1. The molecule has 1 heterocycles. The summed E-state index contributed by atoms with van der Waals surface area (Å²) in [6, 6.07) is 1.81. The maximum Gasteiger partial charge on any atom is 0.337 e. The molecule has 1 aliphatic rings. The Bertz CT molecular complexity index is 412. The molecule has 2 rings (SSSR count). The van der Waals surface area contributed by atoms with Gasteiger partial charge < -0.3 is 5.11 Å². The highest BCUT2D eigenvalue weighted by molar-refractivity contribution is 5.89. The summed E-state index contributed by atoms with van der Waals surface area (Å²) >= 11 is 0. The number of carbonyl (C=O) groups is 1. The van der Waals surface area contributed by atoms with Gasteiger partial charge in [-0.1, -0.05) is 13.8 Å². The Morgan fingerprint density at radius 1 is 1.67 bits per heavy atom. The van der Waals surface area contributed by atoms with Crippen molar-refractivity contribution in [3.8, 4) is 0 Å². The lowest BCUT2D eigenvalue weighted by molar-refractivity contribution is 0.0695. The molecule has 15 heavy (non-hydrogen) atoms. The van der Waals surface area contributed by atoms with Crippen molar-refractivity contribution in [2.75, 3.05) is 0 Å². The van der Waals surface area contributed by atoms with Crippen LogP contribution in [-0.4, -0.2) is 16.1 Å². The van der Waals surface area contributed by atoms with Gasteiger partial charge in [-0.05, 0) is 36.8 Å². The van der Waals surface area contributed by atoms with E-state index in [1.807, 2.05) is 13.0 Å². The van der Waals surface area contributed by atoms with Gasteiger partial charge in [0.25, 0.3) is 0 Å². The Morgan fingerprint density at radius 2 is 2.40 bits per heavy atom. The van der Waals surface area contributed by atoms with Gasteiger partial charge in [-0.3, -0.25) is 4.98 Å². The summed E-state index contributed by atoms with van der Waals surface area (Å²) in [6.07, 6.45) is 2.74. The van der Waals surface area contributed by atoms with Crippen molar-refractivity contribution in [3.63, 3.8) is 0 Å². The third-order valence-corrected chi connectivity index (χ3v) is 3.09. The van der Waals surface area contributed by atoms with Gasteiger partial charge in [-0.2, -0.15) is 0 Å². The number of aromatic nitrogens is 1. The van der Waals surface area contributed by atoms with E-state index in [0.29, 0.717) is 17.9 Å². The second-order valence-corrected chi connectivity index (χ2v) is 4.13. The Hall–Kier alpha value is -1.38. The summed E-state index contributed by atoms with van der Waals surface area (Å²) in [7, 11) is 0. The average molecular weight is 205 g/mol. The standard InChI is InChI=1S/C12H15NO2/c1-3-10-9(12(14)15)6-8-5-4-7(2)11(8)13-10/h6-7H,3-5H2,1-2H3,(H,14,15). The molecule has 3 nitrogen and oxygen atoms in total. The van der Waals surface area contributed by atoms with E-state index in [1.165, 1.54) is 0 Å². The summed E-state index contributed by atoms with van der Waals surface area (Å²) < 4.78 is 0. The summed E-state index contributed by atoms with van der Waals surface area (Å²) in [5.74, 6) is -0.380. The number of fused-ring (bicyclic) bond motifs is 1. The lowest BCUT2D eigenvalue weighted by atomic mass is 10.1. The van der Waals surface area contributed by atoms with Crippen LogP contribution < -0.4 is 0 Å².